The number of hydrogen-bond acceptors (Lipinski definition) is 4. The molecule has 122 valence electrons. The summed E-state index contributed by atoms with van der Waals surface area (Å²) in [6, 6.07) is 3.39. The third kappa shape index (κ3) is 3.68. The molecule has 0 aliphatic rings. The topological polar surface area (TPSA) is 102 Å². The Balaban J connectivity index is 2.31. The zero-order valence-electron chi connectivity index (χ0n) is 13.1. The number of carboxylic acids is 1. The Hall–Kier alpha value is -2.83. The molecular weight excluding hydrogens is 300 g/mol. The molecule has 0 aliphatic carbocycles. The van der Waals surface area contributed by atoms with E-state index in [2.05, 4.69) is 5.32 Å². The van der Waals surface area contributed by atoms with Gasteiger partial charge in [0, 0.05) is 18.4 Å². The maximum absolute atomic E-state index is 12.2. The number of amides is 1. The van der Waals surface area contributed by atoms with Gasteiger partial charge in [0.1, 0.15) is 22.6 Å². The second-order valence-electron chi connectivity index (χ2n) is 5.46. The van der Waals surface area contributed by atoms with Gasteiger partial charge in [0.25, 0.3) is 5.91 Å². The molecule has 7 heteroatoms. The number of hydrogen-bond donors (Lipinski definition) is 2. The van der Waals surface area contributed by atoms with Gasteiger partial charge in [0.15, 0.2) is 0 Å². The van der Waals surface area contributed by atoms with E-state index >= 15 is 0 Å². The Morgan fingerprint density at radius 3 is 2.43 bits per heavy atom. The van der Waals surface area contributed by atoms with Crippen LogP contribution in [-0.2, 0) is 6.54 Å². The second-order valence-corrected chi connectivity index (χ2v) is 5.46. The minimum atomic E-state index is -1.36. The predicted molar refractivity (Wildman–Crippen MR) is 82.7 cm³/mol. The van der Waals surface area contributed by atoms with E-state index in [4.69, 9.17) is 9.52 Å². The van der Waals surface area contributed by atoms with Crippen molar-refractivity contribution in [1.82, 2.24) is 9.88 Å². The molecule has 0 saturated heterocycles. The van der Waals surface area contributed by atoms with Gasteiger partial charge >= 0.3 is 5.97 Å². The molecule has 0 unspecified atom stereocenters. The fourth-order valence-corrected chi connectivity index (χ4v) is 2.05. The number of pyridine rings is 1. The van der Waals surface area contributed by atoms with Crippen LogP contribution in [0, 0.1) is 6.92 Å². The maximum atomic E-state index is 12.2. The molecule has 2 rings (SSSR count). The average molecular weight is 318 g/mol. The molecule has 1 amide bonds. The van der Waals surface area contributed by atoms with E-state index in [1.165, 1.54) is 17.0 Å². The molecule has 2 aromatic rings. The molecule has 0 aliphatic heterocycles. The highest BCUT2D eigenvalue weighted by molar-refractivity contribution is 5.96. The Kier molecular flexibility index (Phi) is 4.68. The lowest BCUT2D eigenvalue weighted by molar-refractivity contribution is 0.0694. The number of aromatic carboxylic acids is 1. The summed E-state index contributed by atoms with van der Waals surface area (Å²) < 4.78 is 6.86. The zero-order valence-corrected chi connectivity index (χ0v) is 13.1. The number of carbonyl (C=O) groups is 2. The summed E-state index contributed by atoms with van der Waals surface area (Å²) in [6.07, 6.45) is 2.60. The standard InChI is InChI=1S/C16H18N2O5/c1-9(2)18-7-12(14(19)13(8-18)16(21)22)15(20)17-6-11-5-4-10(3)23-11/h4-5,7-9H,6H2,1-3H3,(H,17,20)(H,21,22). The molecule has 23 heavy (non-hydrogen) atoms. The molecule has 0 fully saturated rings. The van der Waals surface area contributed by atoms with Gasteiger partial charge in [-0.2, -0.15) is 0 Å². The molecule has 0 radical (unpaired) electrons. The van der Waals surface area contributed by atoms with Crippen molar-refractivity contribution >= 4 is 11.9 Å². The summed E-state index contributed by atoms with van der Waals surface area (Å²) in [7, 11) is 0. The first-order valence-corrected chi connectivity index (χ1v) is 7.12. The van der Waals surface area contributed by atoms with Crippen LogP contribution in [0.25, 0.3) is 0 Å². The monoisotopic (exact) mass is 318 g/mol. The van der Waals surface area contributed by atoms with Crippen molar-refractivity contribution in [3.63, 3.8) is 0 Å². The quantitative estimate of drug-likeness (QED) is 0.877. The van der Waals surface area contributed by atoms with E-state index in [0.29, 0.717) is 11.5 Å². The summed E-state index contributed by atoms with van der Waals surface area (Å²) >= 11 is 0. The number of nitrogens with zero attached hydrogens (tertiary/aromatic N) is 1. The van der Waals surface area contributed by atoms with Gasteiger partial charge in [0.05, 0.1) is 6.54 Å². The Bertz CT molecular complexity index is 801. The van der Waals surface area contributed by atoms with Crippen LogP contribution >= 0.6 is 0 Å². The van der Waals surface area contributed by atoms with Crippen molar-refractivity contribution in [3.8, 4) is 0 Å². The molecule has 2 aromatic heterocycles. The van der Waals surface area contributed by atoms with E-state index in [9.17, 15) is 14.4 Å². The minimum Gasteiger partial charge on any atom is -0.477 e. The van der Waals surface area contributed by atoms with Gasteiger partial charge in [-0.3, -0.25) is 9.59 Å². The van der Waals surface area contributed by atoms with Gasteiger partial charge in [0.2, 0.25) is 5.43 Å². The van der Waals surface area contributed by atoms with E-state index < -0.39 is 22.9 Å². The lowest BCUT2D eigenvalue weighted by Gasteiger charge is -2.13. The predicted octanol–water partition coefficient (Wildman–Crippen LogP) is 1.96. The molecule has 7 nitrogen and oxygen atoms in total. The van der Waals surface area contributed by atoms with Gasteiger partial charge in [-0.05, 0) is 32.9 Å². The summed E-state index contributed by atoms with van der Waals surface area (Å²) in [4.78, 5) is 35.6. The van der Waals surface area contributed by atoms with Gasteiger partial charge < -0.3 is 19.4 Å². The molecule has 0 bridgehead atoms. The Morgan fingerprint density at radius 2 is 1.91 bits per heavy atom. The van der Waals surface area contributed by atoms with Crippen molar-refractivity contribution in [2.45, 2.75) is 33.4 Å². The number of carbonyl (C=O) groups excluding carboxylic acids is 1. The summed E-state index contributed by atoms with van der Waals surface area (Å²) in [6.45, 7) is 5.54. The number of carboxylic acid groups (broad SMARTS) is 1. The third-order valence-electron chi connectivity index (χ3n) is 3.34. The van der Waals surface area contributed by atoms with Crippen molar-refractivity contribution in [2.75, 3.05) is 0 Å². The molecule has 2 heterocycles. The van der Waals surface area contributed by atoms with Gasteiger partial charge in [-0.15, -0.1) is 0 Å². The van der Waals surface area contributed by atoms with Crippen LogP contribution in [-0.4, -0.2) is 21.6 Å². The molecule has 2 N–H and O–H groups in total. The molecule has 0 spiro atoms. The van der Waals surface area contributed by atoms with Crippen LogP contribution in [0.15, 0.2) is 33.7 Å². The molecular formula is C16H18N2O5. The van der Waals surface area contributed by atoms with Crippen LogP contribution in [0.5, 0.6) is 0 Å². The summed E-state index contributed by atoms with van der Waals surface area (Å²) in [5.41, 5.74) is -1.44. The average Bonchev–Trinajstić information content (AvgIpc) is 2.90. The number of rotatable bonds is 5. The smallest absolute Gasteiger partial charge is 0.341 e. The molecule has 0 aromatic carbocycles. The number of nitrogens with one attached hydrogen (secondary N) is 1. The van der Waals surface area contributed by atoms with E-state index in [0.717, 1.165) is 0 Å². The van der Waals surface area contributed by atoms with E-state index in [-0.39, 0.29) is 18.2 Å². The lowest BCUT2D eigenvalue weighted by Crippen LogP contribution is -2.32. The highest BCUT2D eigenvalue weighted by Gasteiger charge is 2.19. The number of aryl methyl sites for hydroxylation is 1. The van der Waals surface area contributed by atoms with Crippen LogP contribution < -0.4 is 10.7 Å². The fraction of sp³-hybridized carbons (Fsp3) is 0.312. The van der Waals surface area contributed by atoms with Crippen LogP contribution in [0.1, 0.15) is 52.1 Å². The van der Waals surface area contributed by atoms with Gasteiger partial charge in [-0.25, -0.2) is 4.79 Å². The second kappa shape index (κ2) is 6.51. The van der Waals surface area contributed by atoms with Crippen LogP contribution in [0.4, 0.5) is 0 Å². The highest BCUT2D eigenvalue weighted by atomic mass is 16.4. The largest absolute Gasteiger partial charge is 0.477 e. The SMILES string of the molecule is Cc1ccc(CNC(=O)c2cn(C(C)C)cc(C(=O)O)c2=O)o1. The first kappa shape index (κ1) is 16.5. The third-order valence-corrected chi connectivity index (χ3v) is 3.34. The Labute approximate surface area is 132 Å². The van der Waals surface area contributed by atoms with Crippen molar-refractivity contribution < 1.29 is 19.1 Å². The normalized spacial score (nSPS) is 10.8. The van der Waals surface area contributed by atoms with Crippen molar-refractivity contribution in [2.24, 2.45) is 0 Å². The molecule has 0 atom stereocenters. The zero-order chi connectivity index (χ0) is 17.1. The summed E-state index contributed by atoms with van der Waals surface area (Å²) in [5, 5.41) is 11.7. The summed E-state index contributed by atoms with van der Waals surface area (Å²) in [5.74, 6) is -0.735. The fourth-order valence-electron chi connectivity index (χ4n) is 2.05. The van der Waals surface area contributed by atoms with Gasteiger partial charge in [-0.1, -0.05) is 0 Å². The first-order chi connectivity index (χ1) is 10.8. The number of aromatic nitrogens is 1. The highest BCUT2D eigenvalue weighted by Crippen LogP contribution is 2.08. The van der Waals surface area contributed by atoms with Crippen LogP contribution in [0.3, 0.4) is 0 Å². The van der Waals surface area contributed by atoms with Crippen molar-refractivity contribution in [3.05, 3.63) is 57.4 Å². The lowest BCUT2D eigenvalue weighted by atomic mass is 10.1. The minimum absolute atomic E-state index is 0.0898. The van der Waals surface area contributed by atoms with Crippen LogP contribution in [0.2, 0.25) is 0 Å². The van der Waals surface area contributed by atoms with Crippen molar-refractivity contribution in [1.29, 1.82) is 0 Å². The molecule has 0 saturated carbocycles. The number of furan rings is 1. The van der Waals surface area contributed by atoms with E-state index in [1.807, 2.05) is 13.8 Å². The van der Waals surface area contributed by atoms with E-state index in [1.54, 1.807) is 19.1 Å². The first-order valence-electron chi connectivity index (χ1n) is 7.12. The Morgan fingerprint density at radius 1 is 1.26 bits per heavy atom. The maximum Gasteiger partial charge on any atom is 0.341 e.